The summed E-state index contributed by atoms with van der Waals surface area (Å²) in [4.78, 5) is 20.8. The summed E-state index contributed by atoms with van der Waals surface area (Å²) in [6.07, 6.45) is -4.58. The van der Waals surface area contributed by atoms with Crippen LogP contribution in [-0.4, -0.2) is 51.4 Å². The van der Waals surface area contributed by atoms with Crippen molar-refractivity contribution in [1.29, 1.82) is 0 Å². The first-order chi connectivity index (χ1) is 14.8. The number of amides is 1. The number of benzene rings is 2. The molecule has 1 amide bonds. The van der Waals surface area contributed by atoms with Crippen LogP contribution in [0.4, 0.5) is 17.6 Å². The van der Waals surface area contributed by atoms with Crippen LogP contribution in [0.1, 0.15) is 28.7 Å². The van der Waals surface area contributed by atoms with Crippen LogP contribution in [0.15, 0.2) is 42.5 Å². The number of hydrogen-bond acceptors (Lipinski definition) is 3. The molecule has 4 rings (SSSR count). The molecule has 5 nitrogen and oxygen atoms in total. The summed E-state index contributed by atoms with van der Waals surface area (Å²) in [6, 6.07) is 9.39. The number of aromatic nitrogens is 2. The van der Waals surface area contributed by atoms with Gasteiger partial charge in [-0.15, -0.1) is 0 Å². The Hall–Kier alpha value is -2.94. The summed E-state index contributed by atoms with van der Waals surface area (Å²) in [7, 11) is 0. The summed E-state index contributed by atoms with van der Waals surface area (Å²) in [5.41, 5.74) is 0.218. The van der Waals surface area contributed by atoms with Gasteiger partial charge < -0.3 is 9.47 Å². The summed E-state index contributed by atoms with van der Waals surface area (Å²) in [5.74, 6) is -0.153. The van der Waals surface area contributed by atoms with E-state index >= 15 is 0 Å². The van der Waals surface area contributed by atoms with Gasteiger partial charge in [-0.1, -0.05) is 12.1 Å². The zero-order valence-corrected chi connectivity index (χ0v) is 17.0. The van der Waals surface area contributed by atoms with Crippen LogP contribution in [0.5, 0.6) is 0 Å². The van der Waals surface area contributed by atoms with E-state index in [9.17, 15) is 22.4 Å². The molecule has 0 saturated carbocycles. The van der Waals surface area contributed by atoms with E-state index in [1.807, 2.05) is 11.5 Å². The lowest BCUT2D eigenvalue weighted by Crippen LogP contribution is -2.48. The van der Waals surface area contributed by atoms with Crippen molar-refractivity contribution in [3.8, 4) is 0 Å². The molecular formula is C22H22F4N4O. The molecule has 1 saturated heterocycles. The minimum absolute atomic E-state index is 0.321. The molecule has 0 N–H and O–H groups in total. The molecule has 31 heavy (non-hydrogen) atoms. The highest BCUT2D eigenvalue weighted by Crippen LogP contribution is 2.32. The van der Waals surface area contributed by atoms with Crippen molar-refractivity contribution in [2.75, 3.05) is 26.2 Å². The van der Waals surface area contributed by atoms with Crippen LogP contribution in [0.2, 0.25) is 0 Å². The fourth-order valence-electron chi connectivity index (χ4n) is 4.02. The van der Waals surface area contributed by atoms with E-state index in [4.69, 9.17) is 0 Å². The quantitative estimate of drug-likeness (QED) is 0.579. The van der Waals surface area contributed by atoms with Gasteiger partial charge >= 0.3 is 6.18 Å². The molecule has 0 aliphatic carbocycles. The smallest absolute Gasteiger partial charge is 0.336 e. The van der Waals surface area contributed by atoms with Gasteiger partial charge in [0.25, 0.3) is 5.91 Å². The third-order valence-corrected chi connectivity index (χ3v) is 5.59. The SMILES string of the molecule is CCn1c(CN2CCN(C(=O)c3ccccc3C(F)(F)F)CC2)nc2cc(F)ccc21. The second-order valence-corrected chi connectivity index (χ2v) is 7.52. The second kappa shape index (κ2) is 8.30. The minimum atomic E-state index is -4.58. The third-order valence-electron chi connectivity index (χ3n) is 5.59. The standard InChI is InChI=1S/C22H22F4N4O/c1-2-30-19-8-7-15(23)13-18(19)27-20(30)14-28-9-11-29(12-10-28)21(31)16-5-3-4-6-17(16)22(24,25)26/h3-8,13H,2,9-12,14H2,1H3. The van der Waals surface area contributed by atoms with Gasteiger partial charge in [0, 0.05) is 38.8 Å². The first kappa shape index (κ1) is 21.3. The van der Waals surface area contributed by atoms with Crippen LogP contribution in [0.25, 0.3) is 11.0 Å². The summed E-state index contributed by atoms with van der Waals surface area (Å²) in [6.45, 7) is 4.87. The van der Waals surface area contributed by atoms with Gasteiger partial charge in [0.1, 0.15) is 11.6 Å². The number of carbonyl (C=O) groups is 1. The zero-order chi connectivity index (χ0) is 22.2. The Bertz CT molecular complexity index is 1100. The lowest BCUT2D eigenvalue weighted by molar-refractivity contribution is -0.138. The molecule has 0 unspecified atom stereocenters. The number of carbonyl (C=O) groups excluding carboxylic acids is 1. The van der Waals surface area contributed by atoms with Crippen LogP contribution in [0, 0.1) is 5.82 Å². The van der Waals surface area contributed by atoms with Crippen LogP contribution in [0.3, 0.4) is 0 Å². The van der Waals surface area contributed by atoms with Crippen molar-refractivity contribution in [2.24, 2.45) is 0 Å². The van der Waals surface area contributed by atoms with Crippen molar-refractivity contribution >= 4 is 16.9 Å². The summed E-state index contributed by atoms with van der Waals surface area (Å²) >= 11 is 0. The maximum Gasteiger partial charge on any atom is 0.417 e. The lowest BCUT2D eigenvalue weighted by atomic mass is 10.1. The van der Waals surface area contributed by atoms with Gasteiger partial charge in [-0.25, -0.2) is 9.37 Å². The fourth-order valence-corrected chi connectivity index (χ4v) is 4.02. The highest BCUT2D eigenvalue weighted by molar-refractivity contribution is 5.96. The maximum absolute atomic E-state index is 13.5. The van der Waals surface area contributed by atoms with Gasteiger partial charge in [-0.3, -0.25) is 9.69 Å². The largest absolute Gasteiger partial charge is 0.417 e. The Morgan fingerprint density at radius 1 is 1.06 bits per heavy atom. The van der Waals surface area contributed by atoms with Gasteiger partial charge in [-0.2, -0.15) is 13.2 Å². The highest BCUT2D eigenvalue weighted by Gasteiger charge is 2.36. The van der Waals surface area contributed by atoms with E-state index in [0.717, 1.165) is 17.4 Å². The Morgan fingerprint density at radius 2 is 1.77 bits per heavy atom. The average molecular weight is 434 g/mol. The van der Waals surface area contributed by atoms with E-state index in [-0.39, 0.29) is 11.4 Å². The van der Waals surface area contributed by atoms with Gasteiger partial charge in [0.15, 0.2) is 0 Å². The van der Waals surface area contributed by atoms with Crippen LogP contribution in [-0.2, 0) is 19.3 Å². The van der Waals surface area contributed by atoms with Crippen molar-refractivity contribution in [1.82, 2.24) is 19.4 Å². The molecule has 3 aromatic rings. The molecule has 1 fully saturated rings. The predicted octanol–water partition coefficient (Wildman–Crippen LogP) is 4.17. The number of hydrogen-bond donors (Lipinski definition) is 0. The Kier molecular flexibility index (Phi) is 5.70. The molecule has 164 valence electrons. The molecule has 1 aliphatic heterocycles. The Labute approximate surface area is 176 Å². The molecule has 0 radical (unpaired) electrons. The number of fused-ring (bicyclic) bond motifs is 1. The maximum atomic E-state index is 13.5. The van der Waals surface area contributed by atoms with Gasteiger partial charge in [0.05, 0.1) is 28.7 Å². The molecule has 1 aromatic heterocycles. The predicted molar refractivity (Wildman–Crippen MR) is 108 cm³/mol. The lowest BCUT2D eigenvalue weighted by Gasteiger charge is -2.35. The summed E-state index contributed by atoms with van der Waals surface area (Å²) in [5, 5.41) is 0. The van der Waals surface area contributed by atoms with E-state index < -0.39 is 17.6 Å². The molecule has 2 heterocycles. The van der Waals surface area contributed by atoms with E-state index in [1.54, 1.807) is 6.07 Å². The molecule has 0 spiro atoms. The molecule has 0 atom stereocenters. The number of nitrogens with zero attached hydrogens (tertiary/aromatic N) is 4. The normalized spacial score (nSPS) is 15.6. The number of alkyl halides is 3. The van der Waals surface area contributed by atoms with Crippen molar-refractivity contribution in [3.05, 3.63) is 65.2 Å². The number of aryl methyl sites for hydroxylation is 1. The number of halogens is 4. The first-order valence-corrected chi connectivity index (χ1v) is 10.1. The van der Waals surface area contributed by atoms with Crippen LogP contribution >= 0.6 is 0 Å². The van der Waals surface area contributed by atoms with Crippen molar-refractivity contribution in [3.63, 3.8) is 0 Å². The topological polar surface area (TPSA) is 41.4 Å². The zero-order valence-electron chi connectivity index (χ0n) is 17.0. The number of imidazole rings is 1. The molecule has 9 heteroatoms. The fraction of sp³-hybridized carbons (Fsp3) is 0.364. The second-order valence-electron chi connectivity index (χ2n) is 7.52. The van der Waals surface area contributed by atoms with Crippen molar-refractivity contribution in [2.45, 2.75) is 26.2 Å². The van der Waals surface area contributed by atoms with E-state index in [1.165, 1.54) is 35.2 Å². The van der Waals surface area contributed by atoms with Gasteiger partial charge in [-0.05, 0) is 31.2 Å². The highest BCUT2D eigenvalue weighted by atomic mass is 19.4. The van der Waals surface area contributed by atoms with Gasteiger partial charge in [0.2, 0.25) is 0 Å². The van der Waals surface area contributed by atoms with E-state index in [0.29, 0.717) is 44.8 Å². The average Bonchev–Trinajstić information content (AvgIpc) is 3.09. The molecule has 2 aromatic carbocycles. The Balaban J connectivity index is 1.45. The number of piperazine rings is 1. The summed E-state index contributed by atoms with van der Waals surface area (Å²) < 4.78 is 55.3. The first-order valence-electron chi connectivity index (χ1n) is 10.1. The van der Waals surface area contributed by atoms with E-state index in [2.05, 4.69) is 9.88 Å². The van der Waals surface area contributed by atoms with Crippen molar-refractivity contribution < 1.29 is 22.4 Å². The number of rotatable bonds is 4. The van der Waals surface area contributed by atoms with Crippen LogP contribution < -0.4 is 0 Å². The Morgan fingerprint density at radius 3 is 2.45 bits per heavy atom. The minimum Gasteiger partial charge on any atom is -0.336 e. The monoisotopic (exact) mass is 434 g/mol. The molecular weight excluding hydrogens is 412 g/mol. The molecule has 0 bridgehead atoms. The molecule has 1 aliphatic rings. The third kappa shape index (κ3) is 4.27.